The van der Waals surface area contributed by atoms with Gasteiger partial charge in [0.1, 0.15) is 24.4 Å². The predicted molar refractivity (Wildman–Crippen MR) is 44.2 cm³/mol. The number of ether oxygens (including phenoxy) is 1. The van der Waals surface area contributed by atoms with Crippen LogP contribution in [-0.4, -0.2) is 56.9 Å². The lowest BCUT2D eigenvalue weighted by Gasteiger charge is -2.37. The Balaban J connectivity index is 2.75. The first-order valence-electron chi connectivity index (χ1n) is 4.39. The van der Waals surface area contributed by atoms with Crippen LogP contribution in [0.2, 0.25) is 0 Å². The van der Waals surface area contributed by atoms with Gasteiger partial charge in [0.15, 0.2) is 12.1 Å². The molecule has 0 spiro atoms. The largest absolute Gasteiger partial charge is 0.387 e. The quantitative estimate of drug-likeness (QED) is 0.407. The van der Waals surface area contributed by atoms with Gasteiger partial charge in [-0.25, -0.2) is 0 Å². The Labute approximate surface area is 80.7 Å². The molecule has 0 unspecified atom stereocenters. The highest BCUT2D eigenvalue weighted by Crippen LogP contribution is 2.20. The van der Waals surface area contributed by atoms with Gasteiger partial charge >= 0.3 is 0 Å². The number of rotatable bonds is 2. The van der Waals surface area contributed by atoms with Crippen LogP contribution < -0.4 is 0 Å². The zero-order valence-electron chi connectivity index (χ0n) is 7.70. The minimum absolute atomic E-state index is 0.122. The normalized spacial score (nSPS) is 43.6. The summed E-state index contributed by atoms with van der Waals surface area (Å²) in [6.07, 6.45) is -7.45. The molecule has 1 rings (SSSR count). The number of ketones is 1. The van der Waals surface area contributed by atoms with Crippen LogP contribution in [0.15, 0.2) is 0 Å². The maximum Gasteiger partial charge on any atom is 0.184 e. The molecule has 1 fully saturated rings. The molecule has 1 aliphatic heterocycles. The van der Waals surface area contributed by atoms with Gasteiger partial charge in [-0.05, 0) is 0 Å². The van der Waals surface area contributed by atoms with Crippen molar-refractivity contribution in [2.45, 2.75) is 44.1 Å². The highest BCUT2D eigenvalue weighted by Gasteiger charge is 2.45. The van der Waals surface area contributed by atoms with Crippen molar-refractivity contribution >= 4 is 5.78 Å². The SMILES string of the molecule is CCC(=O)[C@H]1O[C@@H](O)[C@H](O)[C@@H](O)[C@@H]1O. The first-order valence-corrected chi connectivity index (χ1v) is 4.39. The van der Waals surface area contributed by atoms with Crippen molar-refractivity contribution < 1.29 is 30.0 Å². The molecule has 0 radical (unpaired) electrons. The Hall–Kier alpha value is -0.530. The molecule has 0 saturated carbocycles. The van der Waals surface area contributed by atoms with Gasteiger partial charge in [0, 0.05) is 6.42 Å². The maximum atomic E-state index is 11.2. The Kier molecular flexibility index (Phi) is 3.57. The summed E-state index contributed by atoms with van der Waals surface area (Å²) in [6.45, 7) is 1.57. The lowest BCUT2D eigenvalue weighted by molar-refractivity contribution is -0.275. The summed E-state index contributed by atoms with van der Waals surface area (Å²) in [5.41, 5.74) is 0. The summed E-state index contributed by atoms with van der Waals surface area (Å²) in [5.74, 6) is -0.428. The average molecular weight is 206 g/mol. The lowest BCUT2D eigenvalue weighted by Crippen LogP contribution is -2.59. The Bertz CT molecular complexity index is 218. The van der Waals surface area contributed by atoms with Crippen LogP contribution in [0.4, 0.5) is 0 Å². The highest BCUT2D eigenvalue weighted by atomic mass is 16.6. The average Bonchev–Trinajstić information content (AvgIpc) is 2.19. The van der Waals surface area contributed by atoms with Crippen LogP contribution >= 0.6 is 0 Å². The van der Waals surface area contributed by atoms with Crippen LogP contribution in [0.25, 0.3) is 0 Å². The molecule has 6 nitrogen and oxygen atoms in total. The van der Waals surface area contributed by atoms with Gasteiger partial charge in [0.05, 0.1) is 0 Å². The van der Waals surface area contributed by atoms with Gasteiger partial charge in [0.2, 0.25) is 0 Å². The Morgan fingerprint density at radius 1 is 1.14 bits per heavy atom. The summed E-state index contributed by atoms with van der Waals surface area (Å²) in [5, 5.41) is 36.8. The van der Waals surface area contributed by atoms with E-state index in [1.54, 1.807) is 6.92 Å². The molecule has 1 saturated heterocycles. The summed E-state index contributed by atoms with van der Waals surface area (Å²) in [4.78, 5) is 11.2. The lowest BCUT2D eigenvalue weighted by atomic mass is 9.95. The van der Waals surface area contributed by atoms with E-state index in [1.165, 1.54) is 0 Å². The van der Waals surface area contributed by atoms with E-state index in [0.717, 1.165) is 0 Å². The van der Waals surface area contributed by atoms with Gasteiger partial charge in [-0.1, -0.05) is 6.92 Å². The van der Waals surface area contributed by atoms with Gasteiger partial charge in [-0.2, -0.15) is 0 Å². The number of aliphatic hydroxyl groups is 4. The molecule has 0 aliphatic carbocycles. The number of hydrogen-bond donors (Lipinski definition) is 4. The molecular weight excluding hydrogens is 192 g/mol. The first-order chi connectivity index (χ1) is 6.49. The van der Waals surface area contributed by atoms with E-state index in [2.05, 4.69) is 4.74 Å². The predicted octanol–water partition coefficient (Wildman–Crippen LogP) is -2.23. The van der Waals surface area contributed by atoms with E-state index in [9.17, 15) is 15.0 Å². The van der Waals surface area contributed by atoms with E-state index in [1.807, 2.05) is 0 Å². The summed E-state index contributed by atoms with van der Waals surface area (Å²) in [6, 6.07) is 0. The minimum atomic E-state index is -1.64. The third kappa shape index (κ3) is 1.94. The molecule has 14 heavy (non-hydrogen) atoms. The second-order valence-corrected chi connectivity index (χ2v) is 3.24. The maximum absolute atomic E-state index is 11.2. The fourth-order valence-corrected chi connectivity index (χ4v) is 1.33. The van der Waals surface area contributed by atoms with Crippen molar-refractivity contribution in [1.29, 1.82) is 0 Å². The second kappa shape index (κ2) is 4.33. The van der Waals surface area contributed by atoms with Gasteiger partial charge in [-0.3, -0.25) is 4.79 Å². The fourth-order valence-electron chi connectivity index (χ4n) is 1.33. The molecule has 4 N–H and O–H groups in total. The zero-order chi connectivity index (χ0) is 10.9. The van der Waals surface area contributed by atoms with Crippen LogP contribution in [0.1, 0.15) is 13.3 Å². The van der Waals surface area contributed by atoms with Crippen molar-refractivity contribution in [3.63, 3.8) is 0 Å². The third-order valence-corrected chi connectivity index (χ3v) is 2.25. The van der Waals surface area contributed by atoms with Crippen molar-refractivity contribution in [3.05, 3.63) is 0 Å². The van der Waals surface area contributed by atoms with Crippen molar-refractivity contribution in [3.8, 4) is 0 Å². The molecule has 0 aromatic heterocycles. The minimum Gasteiger partial charge on any atom is -0.387 e. The second-order valence-electron chi connectivity index (χ2n) is 3.24. The topological polar surface area (TPSA) is 107 Å². The van der Waals surface area contributed by atoms with Crippen molar-refractivity contribution in [1.82, 2.24) is 0 Å². The van der Waals surface area contributed by atoms with E-state index in [4.69, 9.17) is 10.2 Å². The third-order valence-electron chi connectivity index (χ3n) is 2.25. The highest BCUT2D eigenvalue weighted by molar-refractivity contribution is 5.83. The molecular formula is C8H14O6. The molecule has 1 aliphatic rings. The number of aliphatic hydroxyl groups excluding tert-OH is 4. The molecule has 0 aromatic carbocycles. The van der Waals surface area contributed by atoms with Gasteiger partial charge in [-0.15, -0.1) is 0 Å². The standard InChI is InChI=1S/C8H14O6/c1-2-3(9)7-5(11)4(10)6(12)8(13)14-7/h4-8,10-13H,2H2,1H3/t4-,5-,6+,7+,8+/m0/s1. The number of carbonyl (C=O) groups excluding carboxylic acids is 1. The Morgan fingerprint density at radius 2 is 1.71 bits per heavy atom. The van der Waals surface area contributed by atoms with Crippen molar-refractivity contribution in [2.24, 2.45) is 0 Å². The molecule has 1 heterocycles. The van der Waals surface area contributed by atoms with Crippen LogP contribution in [0.3, 0.4) is 0 Å². The summed E-state index contributed by atoms with van der Waals surface area (Å²) >= 11 is 0. The Morgan fingerprint density at radius 3 is 2.21 bits per heavy atom. The van der Waals surface area contributed by atoms with E-state index in [-0.39, 0.29) is 6.42 Å². The molecule has 82 valence electrons. The van der Waals surface area contributed by atoms with Gasteiger partial charge in [0.25, 0.3) is 0 Å². The first kappa shape index (κ1) is 11.5. The van der Waals surface area contributed by atoms with Gasteiger partial charge < -0.3 is 25.2 Å². The molecule has 0 aromatic rings. The summed E-state index contributed by atoms with van der Waals surface area (Å²) in [7, 11) is 0. The number of hydrogen-bond acceptors (Lipinski definition) is 6. The smallest absolute Gasteiger partial charge is 0.184 e. The van der Waals surface area contributed by atoms with E-state index >= 15 is 0 Å². The summed E-state index contributed by atoms with van der Waals surface area (Å²) < 4.78 is 4.68. The molecule has 0 amide bonds. The molecule has 6 heteroatoms. The fraction of sp³-hybridized carbons (Fsp3) is 0.875. The molecule has 0 bridgehead atoms. The number of Topliss-reactive ketones (excluding diaryl/α,β-unsaturated/α-hetero) is 1. The monoisotopic (exact) mass is 206 g/mol. The van der Waals surface area contributed by atoms with E-state index < -0.39 is 36.5 Å². The number of carbonyl (C=O) groups is 1. The zero-order valence-corrected chi connectivity index (χ0v) is 7.70. The van der Waals surface area contributed by atoms with Crippen LogP contribution in [-0.2, 0) is 9.53 Å². The van der Waals surface area contributed by atoms with E-state index in [0.29, 0.717) is 0 Å². The molecule has 5 atom stereocenters. The van der Waals surface area contributed by atoms with Crippen LogP contribution in [0.5, 0.6) is 0 Å². The van der Waals surface area contributed by atoms with Crippen LogP contribution in [0, 0.1) is 0 Å². The van der Waals surface area contributed by atoms with Crippen molar-refractivity contribution in [2.75, 3.05) is 0 Å².